The van der Waals surface area contributed by atoms with Crippen molar-refractivity contribution in [2.45, 2.75) is 20.3 Å². The van der Waals surface area contributed by atoms with E-state index in [0.717, 1.165) is 6.42 Å². The quantitative estimate of drug-likeness (QED) is 0.880. The van der Waals surface area contributed by atoms with Crippen molar-refractivity contribution >= 4 is 5.91 Å². The maximum absolute atomic E-state index is 13.7. The second kappa shape index (κ2) is 7.27. The Kier molecular flexibility index (Phi) is 5.37. The summed E-state index contributed by atoms with van der Waals surface area (Å²) in [6.45, 7) is 4.69. The summed E-state index contributed by atoms with van der Waals surface area (Å²) in [6.07, 6.45) is 0.852. The molecule has 3 nitrogen and oxygen atoms in total. The SMILES string of the molecule is COc1ccc(C(=O)NCC(C)(C)Cc2ccccc2)cc1F. The lowest BCUT2D eigenvalue weighted by molar-refractivity contribution is 0.0936. The molecular formula is C19H22FNO2. The molecule has 2 aromatic carbocycles. The minimum atomic E-state index is -0.538. The molecule has 0 heterocycles. The van der Waals surface area contributed by atoms with Gasteiger partial charge in [0.15, 0.2) is 11.6 Å². The van der Waals surface area contributed by atoms with Crippen LogP contribution in [-0.2, 0) is 6.42 Å². The molecule has 0 spiro atoms. The fourth-order valence-electron chi connectivity index (χ4n) is 2.44. The van der Waals surface area contributed by atoms with Crippen molar-refractivity contribution in [2.75, 3.05) is 13.7 Å². The Morgan fingerprint density at radius 2 is 1.87 bits per heavy atom. The smallest absolute Gasteiger partial charge is 0.251 e. The highest BCUT2D eigenvalue weighted by molar-refractivity contribution is 5.94. The van der Waals surface area contributed by atoms with Gasteiger partial charge in [0, 0.05) is 12.1 Å². The third-order valence-electron chi connectivity index (χ3n) is 3.67. The van der Waals surface area contributed by atoms with Crippen molar-refractivity contribution in [1.29, 1.82) is 0 Å². The highest BCUT2D eigenvalue weighted by Crippen LogP contribution is 2.21. The average molecular weight is 315 g/mol. The van der Waals surface area contributed by atoms with Crippen LogP contribution in [0, 0.1) is 11.2 Å². The summed E-state index contributed by atoms with van der Waals surface area (Å²) in [6, 6.07) is 14.3. The first-order valence-corrected chi connectivity index (χ1v) is 7.57. The van der Waals surface area contributed by atoms with Crippen LogP contribution < -0.4 is 10.1 Å². The highest BCUT2D eigenvalue weighted by Gasteiger charge is 2.20. The lowest BCUT2D eigenvalue weighted by Gasteiger charge is -2.25. The van der Waals surface area contributed by atoms with E-state index < -0.39 is 5.82 Å². The molecule has 0 radical (unpaired) electrons. The Labute approximate surface area is 136 Å². The number of carbonyl (C=O) groups is 1. The van der Waals surface area contributed by atoms with Crippen LogP contribution in [0.5, 0.6) is 5.75 Å². The number of methoxy groups -OCH3 is 1. The van der Waals surface area contributed by atoms with Gasteiger partial charge in [-0.3, -0.25) is 4.79 Å². The van der Waals surface area contributed by atoms with Gasteiger partial charge in [-0.15, -0.1) is 0 Å². The molecule has 0 unspecified atom stereocenters. The number of benzene rings is 2. The Hall–Kier alpha value is -2.36. The Balaban J connectivity index is 1.96. The fourth-order valence-corrected chi connectivity index (χ4v) is 2.44. The summed E-state index contributed by atoms with van der Waals surface area (Å²) in [7, 11) is 1.39. The summed E-state index contributed by atoms with van der Waals surface area (Å²) in [5, 5.41) is 2.88. The number of hydrogen-bond donors (Lipinski definition) is 1. The number of halogens is 1. The number of hydrogen-bond acceptors (Lipinski definition) is 2. The highest BCUT2D eigenvalue weighted by atomic mass is 19.1. The van der Waals surface area contributed by atoms with E-state index in [2.05, 4.69) is 31.3 Å². The molecule has 1 amide bonds. The van der Waals surface area contributed by atoms with Gasteiger partial charge in [0.05, 0.1) is 7.11 Å². The van der Waals surface area contributed by atoms with Crippen LogP contribution in [0.3, 0.4) is 0 Å². The van der Waals surface area contributed by atoms with Gasteiger partial charge in [-0.1, -0.05) is 44.2 Å². The van der Waals surface area contributed by atoms with Crippen LogP contribution in [0.4, 0.5) is 4.39 Å². The summed E-state index contributed by atoms with van der Waals surface area (Å²) in [5.74, 6) is -0.692. The van der Waals surface area contributed by atoms with Crippen LogP contribution in [-0.4, -0.2) is 19.6 Å². The monoisotopic (exact) mass is 315 g/mol. The minimum absolute atomic E-state index is 0.0952. The third kappa shape index (κ3) is 4.81. The predicted molar refractivity (Wildman–Crippen MR) is 89.2 cm³/mol. The Bertz CT molecular complexity index is 668. The maximum Gasteiger partial charge on any atom is 0.251 e. The van der Waals surface area contributed by atoms with Crippen LogP contribution in [0.1, 0.15) is 29.8 Å². The van der Waals surface area contributed by atoms with E-state index >= 15 is 0 Å². The number of carbonyl (C=O) groups excluding carboxylic acids is 1. The minimum Gasteiger partial charge on any atom is -0.494 e. The van der Waals surface area contributed by atoms with Crippen molar-refractivity contribution in [3.05, 3.63) is 65.5 Å². The van der Waals surface area contributed by atoms with Gasteiger partial charge < -0.3 is 10.1 Å². The zero-order chi connectivity index (χ0) is 16.9. The van der Waals surface area contributed by atoms with Crippen molar-refractivity contribution in [1.82, 2.24) is 5.32 Å². The van der Waals surface area contributed by atoms with E-state index in [4.69, 9.17) is 4.74 Å². The van der Waals surface area contributed by atoms with Crippen LogP contribution >= 0.6 is 0 Å². The predicted octanol–water partition coefficient (Wildman–Crippen LogP) is 3.83. The van der Waals surface area contributed by atoms with E-state index in [1.165, 1.54) is 24.8 Å². The van der Waals surface area contributed by atoms with E-state index in [0.29, 0.717) is 12.1 Å². The topological polar surface area (TPSA) is 38.3 Å². The molecule has 1 N–H and O–H groups in total. The Morgan fingerprint density at radius 1 is 1.17 bits per heavy atom. The van der Waals surface area contributed by atoms with Crippen LogP contribution in [0.25, 0.3) is 0 Å². The summed E-state index contributed by atoms with van der Waals surface area (Å²) in [4.78, 5) is 12.2. The molecule has 2 aromatic rings. The van der Waals surface area contributed by atoms with Gasteiger partial charge in [-0.25, -0.2) is 4.39 Å². The van der Waals surface area contributed by atoms with Crippen molar-refractivity contribution in [2.24, 2.45) is 5.41 Å². The number of nitrogens with one attached hydrogen (secondary N) is 1. The molecule has 122 valence electrons. The summed E-state index contributed by atoms with van der Waals surface area (Å²) < 4.78 is 18.5. The number of ether oxygens (including phenoxy) is 1. The van der Waals surface area contributed by atoms with Crippen LogP contribution in [0.15, 0.2) is 48.5 Å². The molecule has 0 fully saturated rings. The molecule has 0 atom stereocenters. The fraction of sp³-hybridized carbons (Fsp3) is 0.316. The van der Waals surface area contributed by atoms with Gasteiger partial charge >= 0.3 is 0 Å². The first-order valence-electron chi connectivity index (χ1n) is 7.57. The normalized spacial score (nSPS) is 11.1. The summed E-state index contributed by atoms with van der Waals surface area (Å²) in [5.41, 5.74) is 1.42. The zero-order valence-corrected chi connectivity index (χ0v) is 13.7. The Morgan fingerprint density at radius 3 is 2.48 bits per heavy atom. The lowest BCUT2D eigenvalue weighted by Crippen LogP contribution is -2.35. The second-order valence-electron chi connectivity index (χ2n) is 6.36. The standard InChI is InChI=1S/C19H22FNO2/c1-19(2,12-14-7-5-4-6-8-14)13-21-18(22)15-9-10-17(23-3)16(20)11-15/h4-11H,12-13H2,1-3H3,(H,21,22). The average Bonchev–Trinajstić information content (AvgIpc) is 2.53. The first kappa shape index (κ1) is 17.0. The molecule has 0 aliphatic heterocycles. The van der Waals surface area contributed by atoms with E-state index in [1.807, 2.05) is 18.2 Å². The molecule has 23 heavy (non-hydrogen) atoms. The molecule has 0 aromatic heterocycles. The molecular weight excluding hydrogens is 293 g/mol. The summed E-state index contributed by atoms with van der Waals surface area (Å²) >= 11 is 0. The number of amides is 1. The van der Waals surface area contributed by atoms with Gasteiger partial charge in [0.25, 0.3) is 5.91 Å². The van der Waals surface area contributed by atoms with Gasteiger partial charge in [0.2, 0.25) is 0 Å². The zero-order valence-electron chi connectivity index (χ0n) is 13.7. The second-order valence-corrected chi connectivity index (χ2v) is 6.36. The molecule has 0 bridgehead atoms. The van der Waals surface area contributed by atoms with Gasteiger partial charge in [-0.2, -0.15) is 0 Å². The van der Waals surface area contributed by atoms with Gasteiger partial charge in [0.1, 0.15) is 0 Å². The van der Waals surface area contributed by atoms with Crippen molar-refractivity contribution in [3.63, 3.8) is 0 Å². The molecule has 2 rings (SSSR count). The lowest BCUT2D eigenvalue weighted by atomic mass is 9.85. The van der Waals surface area contributed by atoms with Gasteiger partial charge in [-0.05, 0) is 35.6 Å². The van der Waals surface area contributed by atoms with E-state index in [9.17, 15) is 9.18 Å². The first-order chi connectivity index (χ1) is 10.9. The van der Waals surface area contributed by atoms with E-state index in [1.54, 1.807) is 6.07 Å². The third-order valence-corrected chi connectivity index (χ3v) is 3.67. The molecule has 0 saturated heterocycles. The van der Waals surface area contributed by atoms with Crippen LogP contribution in [0.2, 0.25) is 0 Å². The molecule has 0 aliphatic carbocycles. The molecule has 0 saturated carbocycles. The van der Waals surface area contributed by atoms with Crippen molar-refractivity contribution in [3.8, 4) is 5.75 Å². The van der Waals surface area contributed by atoms with E-state index in [-0.39, 0.29) is 17.1 Å². The molecule has 4 heteroatoms. The van der Waals surface area contributed by atoms with Crippen molar-refractivity contribution < 1.29 is 13.9 Å². The number of rotatable bonds is 6. The molecule has 0 aliphatic rings. The largest absolute Gasteiger partial charge is 0.494 e. The maximum atomic E-state index is 13.7.